The zero-order valence-corrected chi connectivity index (χ0v) is 17.3. The number of fused-ring (bicyclic) bond motifs is 2. The van der Waals surface area contributed by atoms with E-state index in [0.717, 1.165) is 16.8 Å². The van der Waals surface area contributed by atoms with Crippen molar-refractivity contribution in [2.75, 3.05) is 24.3 Å². The topological polar surface area (TPSA) is 97.4 Å². The molecule has 3 heterocycles. The lowest BCUT2D eigenvalue weighted by molar-refractivity contribution is -0.117. The quantitative estimate of drug-likeness (QED) is 0.547. The summed E-state index contributed by atoms with van der Waals surface area (Å²) in [5, 5.41) is 16.4. The van der Waals surface area contributed by atoms with Crippen LogP contribution in [0.4, 0.5) is 11.4 Å². The van der Waals surface area contributed by atoms with E-state index in [4.69, 9.17) is 0 Å². The molecule has 0 aliphatic rings. The van der Waals surface area contributed by atoms with Gasteiger partial charge in [0.15, 0.2) is 5.65 Å². The van der Waals surface area contributed by atoms with Gasteiger partial charge in [0.05, 0.1) is 16.8 Å². The first-order valence-electron chi connectivity index (χ1n) is 9.65. The first kappa shape index (κ1) is 19.6. The van der Waals surface area contributed by atoms with Gasteiger partial charge < -0.3 is 10.2 Å². The van der Waals surface area contributed by atoms with Crippen LogP contribution in [0.3, 0.4) is 0 Å². The highest BCUT2D eigenvalue weighted by molar-refractivity contribution is 5.91. The second-order valence-electron chi connectivity index (χ2n) is 7.69. The van der Waals surface area contributed by atoms with Gasteiger partial charge in [-0.25, -0.2) is 4.68 Å². The van der Waals surface area contributed by atoms with Gasteiger partial charge >= 0.3 is 0 Å². The number of nitrogens with zero attached hydrogens (tertiary/aromatic N) is 6. The summed E-state index contributed by atoms with van der Waals surface area (Å²) < 4.78 is 2.94. The Balaban J connectivity index is 1.67. The van der Waals surface area contributed by atoms with Gasteiger partial charge in [0.2, 0.25) is 5.91 Å². The van der Waals surface area contributed by atoms with Crippen molar-refractivity contribution >= 4 is 33.7 Å². The lowest BCUT2D eigenvalue weighted by atomic mass is 10.0. The van der Waals surface area contributed by atoms with Gasteiger partial charge in [0, 0.05) is 31.4 Å². The first-order valence-corrected chi connectivity index (χ1v) is 9.65. The summed E-state index contributed by atoms with van der Waals surface area (Å²) in [6.45, 7) is 3.87. The van der Waals surface area contributed by atoms with Crippen LogP contribution in [-0.4, -0.2) is 44.4 Å². The van der Waals surface area contributed by atoms with Crippen LogP contribution in [0.25, 0.3) is 16.4 Å². The Morgan fingerprint density at radius 1 is 1.17 bits per heavy atom. The van der Waals surface area contributed by atoms with E-state index in [1.165, 1.54) is 4.68 Å². The van der Waals surface area contributed by atoms with Gasteiger partial charge in [-0.15, -0.1) is 10.2 Å². The van der Waals surface area contributed by atoms with Crippen molar-refractivity contribution in [3.8, 4) is 0 Å². The summed E-state index contributed by atoms with van der Waals surface area (Å²) in [4.78, 5) is 27.6. The van der Waals surface area contributed by atoms with Crippen LogP contribution in [0, 0.1) is 0 Å². The maximum absolute atomic E-state index is 13.0. The third-order valence-corrected chi connectivity index (χ3v) is 4.90. The number of rotatable bonds is 5. The fourth-order valence-corrected chi connectivity index (χ4v) is 3.35. The molecular weight excluding hydrogens is 382 g/mol. The van der Waals surface area contributed by atoms with Crippen molar-refractivity contribution in [1.29, 1.82) is 0 Å². The average molecular weight is 405 g/mol. The number of carbonyl (C=O) groups is 1. The van der Waals surface area contributed by atoms with Crippen LogP contribution >= 0.6 is 0 Å². The molecule has 0 spiro atoms. The Morgan fingerprint density at radius 3 is 2.70 bits per heavy atom. The Labute approximate surface area is 173 Å². The summed E-state index contributed by atoms with van der Waals surface area (Å²) in [6.07, 6.45) is 3.27. The highest BCUT2D eigenvalue weighted by Crippen LogP contribution is 2.25. The SMILES string of the molecule is CC(C)c1nn(CC(=O)Nc2ccc3nncn3c2)c(=O)c2ccc(N(C)C)cc12. The summed E-state index contributed by atoms with van der Waals surface area (Å²) >= 11 is 0. The van der Waals surface area contributed by atoms with Crippen molar-refractivity contribution in [1.82, 2.24) is 24.4 Å². The van der Waals surface area contributed by atoms with Gasteiger partial charge in [0.1, 0.15) is 12.9 Å². The molecule has 0 saturated carbocycles. The summed E-state index contributed by atoms with van der Waals surface area (Å²) in [5.41, 5.74) is 2.75. The van der Waals surface area contributed by atoms with Crippen molar-refractivity contribution in [3.05, 3.63) is 58.9 Å². The molecule has 0 aliphatic carbocycles. The van der Waals surface area contributed by atoms with Gasteiger partial charge in [-0.2, -0.15) is 5.10 Å². The third kappa shape index (κ3) is 3.61. The molecule has 9 nitrogen and oxygen atoms in total. The Hall–Kier alpha value is -3.75. The van der Waals surface area contributed by atoms with Crippen LogP contribution in [-0.2, 0) is 11.3 Å². The summed E-state index contributed by atoms with van der Waals surface area (Å²) in [7, 11) is 3.90. The molecule has 4 aromatic rings. The molecule has 1 aromatic carbocycles. The fraction of sp³-hybridized carbons (Fsp3) is 0.286. The molecular formula is C21H23N7O2. The minimum atomic E-state index is -0.337. The lowest BCUT2D eigenvalue weighted by Gasteiger charge is -2.17. The normalized spacial score (nSPS) is 11.4. The van der Waals surface area contributed by atoms with Gasteiger partial charge in [0.25, 0.3) is 5.56 Å². The highest BCUT2D eigenvalue weighted by Gasteiger charge is 2.16. The second-order valence-corrected chi connectivity index (χ2v) is 7.69. The Bertz CT molecular complexity index is 1300. The molecule has 4 rings (SSSR count). The molecule has 0 radical (unpaired) electrons. The van der Waals surface area contributed by atoms with E-state index < -0.39 is 0 Å². The minimum Gasteiger partial charge on any atom is -0.378 e. The number of benzene rings is 1. The zero-order valence-electron chi connectivity index (χ0n) is 17.3. The van der Waals surface area contributed by atoms with Gasteiger partial charge in [-0.1, -0.05) is 13.8 Å². The zero-order chi connectivity index (χ0) is 21.4. The van der Waals surface area contributed by atoms with Gasteiger partial charge in [-0.05, 0) is 36.2 Å². The van der Waals surface area contributed by atoms with Crippen LogP contribution in [0.15, 0.2) is 47.7 Å². The molecule has 1 amide bonds. The monoisotopic (exact) mass is 405 g/mol. The number of nitrogens with one attached hydrogen (secondary N) is 1. The lowest BCUT2D eigenvalue weighted by Crippen LogP contribution is -2.31. The number of hydrogen-bond donors (Lipinski definition) is 1. The van der Waals surface area contributed by atoms with E-state index in [9.17, 15) is 9.59 Å². The Morgan fingerprint density at radius 2 is 1.97 bits per heavy atom. The number of carbonyl (C=O) groups excluding carboxylic acids is 1. The average Bonchev–Trinajstić information content (AvgIpc) is 3.17. The molecule has 0 fully saturated rings. The molecule has 0 bridgehead atoms. The van der Waals surface area contributed by atoms with Crippen LogP contribution in [0.5, 0.6) is 0 Å². The van der Waals surface area contributed by atoms with Crippen molar-refractivity contribution in [2.45, 2.75) is 26.3 Å². The largest absolute Gasteiger partial charge is 0.378 e. The van der Waals surface area contributed by atoms with E-state index in [1.54, 1.807) is 35.1 Å². The van der Waals surface area contributed by atoms with E-state index >= 15 is 0 Å². The molecule has 0 saturated heterocycles. The molecule has 30 heavy (non-hydrogen) atoms. The molecule has 0 atom stereocenters. The number of aromatic nitrogens is 5. The maximum Gasteiger partial charge on any atom is 0.275 e. The maximum atomic E-state index is 13.0. The van der Waals surface area contributed by atoms with Crippen molar-refractivity contribution in [3.63, 3.8) is 0 Å². The standard InChI is InChI=1S/C21H23N7O2/c1-13(2)20-17-9-15(26(3)4)6-7-16(17)21(30)28(25-20)11-19(29)23-14-5-8-18-24-22-12-27(18)10-14/h5-10,12-13H,11H2,1-4H3,(H,23,29). The first-order chi connectivity index (χ1) is 14.3. The van der Waals surface area contributed by atoms with Crippen LogP contribution in [0.1, 0.15) is 25.5 Å². The second kappa shape index (κ2) is 7.58. The van der Waals surface area contributed by atoms with Gasteiger partial charge in [-0.3, -0.25) is 14.0 Å². The van der Waals surface area contributed by atoms with E-state index in [0.29, 0.717) is 16.7 Å². The molecule has 0 unspecified atom stereocenters. The highest BCUT2D eigenvalue weighted by atomic mass is 16.2. The number of amides is 1. The van der Waals surface area contributed by atoms with Crippen molar-refractivity contribution in [2.24, 2.45) is 0 Å². The van der Waals surface area contributed by atoms with Crippen molar-refractivity contribution < 1.29 is 4.79 Å². The smallest absolute Gasteiger partial charge is 0.275 e. The van der Waals surface area contributed by atoms with Crippen LogP contribution < -0.4 is 15.8 Å². The minimum absolute atomic E-state index is 0.0935. The number of anilines is 2. The van der Waals surface area contributed by atoms with Crippen LogP contribution in [0.2, 0.25) is 0 Å². The summed E-state index contributed by atoms with van der Waals surface area (Å²) in [6, 6.07) is 9.16. The van der Waals surface area contributed by atoms with E-state index in [1.807, 2.05) is 45.0 Å². The molecule has 154 valence electrons. The molecule has 3 aromatic heterocycles. The molecule has 9 heteroatoms. The molecule has 0 aliphatic heterocycles. The Kier molecular flexibility index (Phi) is 4.94. The molecule has 1 N–H and O–H groups in total. The van der Waals surface area contributed by atoms with E-state index in [-0.39, 0.29) is 23.9 Å². The number of pyridine rings is 1. The predicted molar refractivity (Wildman–Crippen MR) is 116 cm³/mol. The third-order valence-electron chi connectivity index (χ3n) is 4.90. The number of hydrogen-bond acceptors (Lipinski definition) is 6. The van der Waals surface area contributed by atoms with E-state index in [2.05, 4.69) is 20.6 Å². The fourth-order valence-electron chi connectivity index (χ4n) is 3.35. The predicted octanol–water partition coefficient (Wildman–Crippen LogP) is 2.27. The summed E-state index contributed by atoms with van der Waals surface area (Å²) in [5.74, 6) is -0.244.